The molecule has 1 saturated carbocycles. The van der Waals surface area contributed by atoms with E-state index in [0.717, 1.165) is 93.9 Å². The summed E-state index contributed by atoms with van der Waals surface area (Å²) in [6, 6.07) is 5.25. The summed E-state index contributed by atoms with van der Waals surface area (Å²) in [5, 5.41) is 21.6. The third kappa shape index (κ3) is 8.55. The zero-order chi connectivity index (χ0) is 21.1. The van der Waals surface area contributed by atoms with Crippen molar-refractivity contribution in [1.29, 1.82) is 0 Å². The Kier molecular flexibility index (Phi) is 10.2. The van der Waals surface area contributed by atoms with Gasteiger partial charge in [-0.1, -0.05) is 43.3 Å². The first kappa shape index (κ1) is 23.4. The van der Waals surface area contributed by atoms with Crippen LogP contribution in [0.2, 0.25) is 0 Å². The van der Waals surface area contributed by atoms with Crippen LogP contribution in [0.25, 0.3) is 0 Å². The van der Waals surface area contributed by atoms with Gasteiger partial charge < -0.3 is 10.3 Å². The molecule has 0 radical (unpaired) electrons. The highest BCUT2D eigenvalue weighted by Crippen LogP contribution is 2.37. The van der Waals surface area contributed by atoms with E-state index >= 15 is 0 Å². The molecule has 0 unspecified atom stereocenters. The Morgan fingerprint density at radius 2 is 1.79 bits per heavy atom. The summed E-state index contributed by atoms with van der Waals surface area (Å²) in [5.74, 6) is 0.111. The zero-order valence-corrected chi connectivity index (χ0v) is 17.7. The first-order valence-electron chi connectivity index (χ1n) is 11.2. The molecule has 4 nitrogen and oxygen atoms in total. The molecule has 2 N–H and O–H groups in total. The van der Waals surface area contributed by atoms with Crippen LogP contribution in [0, 0.1) is 24.6 Å². The van der Waals surface area contributed by atoms with E-state index in [1.807, 2.05) is 6.92 Å². The molecule has 2 atom stereocenters. The third-order valence-corrected chi connectivity index (χ3v) is 6.19. The molecule has 0 heterocycles. The van der Waals surface area contributed by atoms with E-state index in [2.05, 4.69) is 11.2 Å². The molecular formula is C24H36FNO3. The van der Waals surface area contributed by atoms with Crippen LogP contribution in [0.3, 0.4) is 0 Å². The molecule has 29 heavy (non-hydrogen) atoms. The van der Waals surface area contributed by atoms with Gasteiger partial charge in [0.25, 0.3) is 0 Å². The van der Waals surface area contributed by atoms with E-state index in [1.165, 1.54) is 0 Å². The van der Waals surface area contributed by atoms with Gasteiger partial charge in [0.1, 0.15) is 5.82 Å². The lowest BCUT2D eigenvalue weighted by atomic mass is 9.86. The summed E-state index contributed by atoms with van der Waals surface area (Å²) in [5.41, 5.74) is 3.00. The fourth-order valence-corrected chi connectivity index (χ4v) is 4.73. The lowest BCUT2D eigenvalue weighted by Gasteiger charge is -2.19. The second kappa shape index (κ2) is 12.6. The zero-order valence-electron chi connectivity index (χ0n) is 17.7. The fourth-order valence-electron chi connectivity index (χ4n) is 4.73. The van der Waals surface area contributed by atoms with Gasteiger partial charge >= 0.3 is 5.97 Å². The van der Waals surface area contributed by atoms with Crippen LogP contribution in [0.1, 0.15) is 88.2 Å². The molecule has 0 spiro atoms. The third-order valence-electron chi connectivity index (χ3n) is 6.19. The van der Waals surface area contributed by atoms with Crippen LogP contribution in [-0.4, -0.2) is 22.0 Å². The second-order valence-electron chi connectivity index (χ2n) is 8.58. The number of aryl methyl sites for hydroxylation is 2. The lowest BCUT2D eigenvalue weighted by molar-refractivity contribution is -0.137. The number of oxime groups is 1. The monoisotopic (exact) mass is 405 g/mol. The van der Waals surface area contributed by atoms with Crippen LogP contribution in [0.5, 0.6) is 0 Å². The van der Waals surface area contributed by atoms with Crippen LogP contribution < -0.4 is 0 Å². The molecule has 162 valence electrons. The maximum atomic E-state index is 13.5. The SMILES string of the molecule is Cc1cc(F)cc(CCCCC[C@H]2/C(=N\O)CC[C@@H]2CCCCCCC(=O)O)c1. The van der Waals surface area contributed by atoms with Crippen LogP contribution in [0.15, 0.2) is 23.4 Å². The lowest BCUT2D eigenvalue weighted by Crippen LogP contribution is -2.15. The first-order chi connectivity index (χ1) is 14.0. The number of hydrogen-bond donors (Lipinski definition) is 2. The average molecular weight is 406 g/mol. The van der Waals surface area contributed by atoms with E-state index in [4.69, 9.17) is 5.11 Å². The van der Waals surface area contributed by atoms with Crippen molar-refractivity contribution in [3.05, 3.63) is 35.1 Å². The van der Waals surface area contributed by atoms with Crippen molar-refractivity contribution in [2.24, 2.45) is 17.0 Å². The van der Waals surface area contributed by atoms with Crippen molar-refractivity contribution < 1.29 is 19.5 Å². The highest BCUT2D eigenvalue weighted by molar-refractivity contribution is 5.88. The van der Waals surface area contributed by atoms with Gasteiger partial charge in [0, 0.05) is 12.3 Å². The molecular weight excluding hydrogens is 369 g/mol. The number of nitrogens with zero attached hydrogens (tertiary/aromatic N) is 1. The summed E-state index contributed by atoms with van der Waals surface area (Å²) in [4.78, 5) is 10.6. The molecule has 0 saturated heterocycles. The van der Waals surface area contributed by atoms with Crippen molar-refractivity contribution in [2.45, 2.75) is 90.4 Å². The van der Waals surface area contributed by atoms with Gasteiger partial charge in [-0.05, 0) is 81.0 Å². The van der Waals surface area contributed by atoms with Crippen molar-refractivity contribution in [2.75, 3.05) is 0 Å². The Labute approximate surface area is 174 Å². The van der Waals surface area contributed by atoms with E-state index in [-0.39, 0.29) is 12.2 Å². The van der Waals surface area contributed by atoms with Crippen LogP contribution >= 0.6 is 0 Å². The maximum Gasteiger partial charge on any atom is 0.303 e. The summed E-state index contributed by atoms with van der Waals surface area (Å²) in [6.07, 6.45) is 12.6. The van der Waals surface area contributed by atoms with Crippen molar-refractivity contribution in [1.82, 2.24) is 0 Å². The molecule has 1 aliphatic carbocycles. The number of hydrogen-bond acceptors (Lipinski definition) is 3. The van der Waals surface area contributed by atoms with Gasteiger partial charge in [-0.3, -0.25) is 4.79 Å². The van der Waals surface area contributed by atoms with E-state index in [0.29, 0.717) is 11.8 Å². The number of aliphatic carboxylic acids is 1. The van der Waals surface area contributed by atoms with Crippen molar-refractivity contribution in [3.8, 4) is 0 Å². The molecule has 0 aromatic heterocycles. The minimum Gasteiger partial charge on any atom is -0.481 e. The van der Waals surface area contributed by atoms with Crippen LogP contribution in [-0.2, 0) is 11.2 Å². The molecule has 1 aliphatic rings. The summed E-state index contributed by atoms with van der Waals surface area (Å²) < 4.78 is 13.5. The molecule has 0 aliphatic heterocycles. The predicted molar refractivity (Wildman–Crippen MR) is 114 cm³/mol. The molecule has 5 heteroatoms. The topological polar surface area (TPSA) is 69.9 Å². The highest BCUT2D eigenvalue weighted by atomic mass is 19.1. The fraction of sp³-hybridized carbons (Fsp3) is 0.667. The highest BCUT2D eigenvalue weighted by Gasteiger charge is 2.32. The number of halogens is 1. The van der Waals surface area contributed by atoms with Gasteiger partial charge in [-0.2, -0.15) is 0 Å². The minimum absolute atomic E-state index is 0.152. The number of benzene rings is 1. The van der Waals surface area contributed by atoms with Gasteiger partial charge in [0.2, 0.25) is 0 Å². The minimum atomic E-state index is -0.711. The predicted octanol–water partition coefficient (Wildman–Crippen LogP) is 6.52. The summed E-state index contributed by atoms with van der Waals surface area (Å²) in [6.45, 7) is 1.93. The largest absolute Gasteiger partial charge is 0.481 e. The Bertz CT molecular complexity index is 654. The van der Waals surface area contributed by atoms with E-state index in [9.17, 15) is 14.4 Å². The normalized spacial score (nSPS) is 20.4. The van der Waals surface area contributed by atoms with Crippen molar-refractivity contribution in [3.63, 3.8) is 0 Å². The maximum absolute atomic E-state index is 13.5. The number of carboxylic acids is 1. The molecule has 2 rings (SSSR count). The van der Waals surface area contributed by atoms with E-state index < -0.39 is 5.97 Å². The Balaban J connectivity index is 1.67. The van der Waals surface area contributed by atoms with Crippen molar-refractivity contribution >= 4 is 11.7 Å². The van der Waals surface area contributed by atoms with Gasteiger partial charge in [0.05, 0.1) is 5.71 Å². The number of rotatable bonds is 13. The Morgan fingerprint density at radius 3 is 2.52 bits per heavy atom. The number of unbranched alkanes of at least 4 members (excludes halogenated alkanes) is 5. The summed E-state index contributed by atoms with van der Waals surface area (Å²) in [7, 11) is 0. The quantitative estimate of drug-likeness (QED) is 0.223. The number of carbonyl (C=O) groups is 1. The summed E-state index contributed by atoms with van der Waals surface area (Å²) >= 11 is 0. The standard InChI is InChI=1S/C24H36FNO3/c1-18-15-19(17-21(25)16-18)9-5-4-7-11-22-20(13-14-23(22)26-29)10-6-2-3-8-12-24(27)28/h15-17,20,22,29H,2-14H2,1H3,(H,27,28)/b26-23-/t20-,22+/m0/s1. The molecule has 1 aromatic carbocycles. The second-order valence-corrected chi connectivity index (χ2v) is 8.58. The smallest absolute Gasteiger partial charge is 0.303 e. The van der Waals surface area contributed by atoms with Crippen LogP contribution in [0.4, 0.5) is 4.39 Å². The van der Waals surface area contributed by atoms with Gasteiger partial charge in [0.15, 0.2) is 0 Å². The molecule has 1 fully saturated rings. The van der Waals surface area contributed by atoms with Gasteiger partial charge in [-0.25, -0.2) is 4.39 Å². The Hall–Kier alpha value is -1.91. The Morgan fingerprint density at radius 1 is 1.07 bits per heavy atom. The van der Waals surface area contributed by atoms with E-state index in [1.54, 1.807) is 12.1 Å². The van der Waals surface area contributed by atoms with Gasteiger partial charge in [-0.15, -0.1) is 0 Å². The average Bonchev–Trinajstić information content (AvgIpc) is 3.05. The first-order valence-corrected chi connectivity index (χ1v) is 11.2. The molecule has 0 bridgehead atoms. The molecule has 0 amide bonds. The molecule has 1 aromatic rings. The number of carboxylic acid groups (broad SMARTS) is 1.